The van der Waals surface area contributed by atoms with Gasteiger partial charge in [0.25, 0.3) is 0 Å². The summed E-state index contributed by atoms with van der Waals surface area (Å²) in [6, 6.07) is 29.6. The molecule has 1 aliphatic rings. The van der Waals surface area contributed by atoms with E-state index in [1.54, 1.807) is 4.90 Å². The molecule has 27 heavy (non-hydrogen) atoms. The van der Waals surface area contributed by atoms with E-state index in [1.807, 2.05) is 78.9 Å². The number of nitrogens with zero attached hydrogens (tertiary/aromatic N) is 1. The van der Waals surface area contributed by atoms with Gasteiger partial charge < -0.3 is 5.32 Å². The summed E-state index contributed by atoms with van der Waals surface area (Å²) in [5, 5.41) is 3.46. The van der Waals surface area contributed by atoms with E-state index in [2.05, 4.69) is 24.0 Å². The van der Waals surface area contributed by atoms with Crippen molar-refractivity contribution in [1.82, 2.24) is 5.32 Å². The summed E-state index contributed by atoms with van der Waals surface area (Å²) < 4.78 is 0. The largest absolute Gasteiger partial charge is 0.305 e. The van der Waals surface area contributed by atoms with Gasteiger partial charge in [0, 0.05) is 24.0 Å². The van der Waals surface area contributed by atoms with Gasteiger partial charge in [-0.1, -0.05) is 73.3 Å². The summed E-state index contributed by atoms with van der Waals surface area (Å²) >= 11 is 0. The molecule has 0 aromatic heterocycles. The maximum absolute atomic E-state index is 13.8. The number of carbonyl (C=O) groups is 1. The number of nitrogens with one attached hydrogen (secondary N) is 1. The van der Waals surface area contributed by atoms with E-state index in [4.69, 9.17) is 0 Å². The molecule has 0 saturated carbocycles. The van der Waals surface area contributed by atoms with Crippen LogP contribution in [0.4, 0.5) is 11.4 Å². The molecular formula is C24H22N2O. The fourth-order valence-corrected chi connectivity index (χ4v) is 3.69. The van der Waals surface area contributed by atoms with Crippen LogP contribution in [-0.4, -0.2) is 12.5 Å². The SMILES string of the molecule is C=C1CN[C@@H](c2ccccc2)[C@@H]1C(=O)N(c1ccccc1)c1ccccc1. The molecule has 3 aromatic rings. The third kappa shape index (κ3) is 3.42. The fourth-order valence-electron chi connectivity index (χ4n) is 3.69. The van der Waals surface area contributed by atoms with Crippen molar-refractivity contribution in [2.75, 3.05) is 11.4 Å². The quantitative estimate of drug-likeness (QED) is 0.678. The zero-order chi connectivity index (χ0) is 18.6. The monoisotopic (exact) mass is 354 g/mol. The van der Waals surface area contributed by atoms with Crippen LogP contribution in [0.15, 0.2) is 103 Å². The maximum atomic E-state index is 13.8. The molecule has 1 fully saturated rings. The van der Waals surface area contributed by atoms with Crippen LogP contribution in [0.1, 0.15) is 11.6 Å². The first-order valence-corrected chi connectivity index (χ1v) is 9.16. The lowest BCUT2D eigenvalue weighted by atomic mass is 9.90. The van der Waals surface area contributed by atoms with Crippen molar-refractivity contribution in [2.24, 2.45) is 5.92 Å². The molecule has 1 aliphatic heterocycles. The van der Waals surface area contributed by atoms with Gasteiger partial charge in [0.2, 0.25) is 5.91 Å². The van der Waals surface area contributed by atoms with Crippen molar-refractivity contribution in [3.63, 3.8) is 0 Å². The van der Waals surface area contributed by atoms with E-state index in [0.717, 1.165) is 22.5 Å². The van der Waals surface area contributed by atoms with E-state index in [-0.39, 0.29) is 17.9 Å². The Bertz CT molecular complexity index is 883. The average molecular weight is 354 g/mol. The first-order chi connectivity index (χ1) is 13.3. The average Bonchev–Trinajstić information content (AvgIpc) is 3.12. The van der Waals surface area contributed by atoms with Gasteiger partial charge in [0.05, 0.1) is 5.92 Å². The summed E-state index contributed by atoms with van der Waals surface area (Å²) in [5.41, 5.74) is 3.75. The van der Waals surface area contributed by atoms with Crippen LogP contribution >= 0.6 is 0 Å². The van der Waals surface area contributed by atoms with Gasteiger partial charge in [-0.15, -0.1) is 0 Å². The maximum Gasteiger partial charge on any atom is 0.240 e. The summed E-state index contributed by atoms with van der Waals surface area (Å²) in [4.78, 5) is 15.6. The van der Waals surface area contributed by atoms with Gasteiger partial charge in [-0.2, -0.15) is 0 Å². The van der Waals surface area contributed by atoms with Crippen LogP contribution in [0.25, 0.3) is 0 Å². The Labute approximate surface area is 160 Å². The molecule has 0 spiro atoms. The molecule has 4 rings (SSSR count). The van der Waals surface area contributed by atoms with Crippen LogP contribution < -0.4 is 10.2 Å². The number of carbonyl (C=O) groups excluding carboxylic acids is 1. The molecule has 0 bridgehead atoms. The minimum absolute atomic E-state index is 0.0382. The van der Waals surface area contributed by atoms with Gasteiger partial charge in [-0.05, 0) is 35.4 Å². The van der Waals surface area contributed by atoms with E-state index < -0.39 is 0 Å². The highest BCUT2D eigenvalue weighted by atomic mass is 16.2. The second-order valence-electron chi connectivity index (χ2n) is 6.75. The summed E-state index contributed by atoms with van der Waals surface area (Å²) in [6.07, 6.45) is 0. The number of hydrogen-bond donors (Lipinski definition) is 1. The number of amides is 1. The highest BCUT2D eigenvalue weighted by Crippen LogP contribution is 2.37. The highest BCUT2D eigenvalue weighted by molar-refractivity contribution is 6.03. The van der Waals surface area contributed by atoms with Crippen molar-refractivity contribution in [3.8, 4) is 0 Å². The van der Waals surface area contributed by atoms with Crippen molar-refractivity contribution < 1.29 is 4.79 Å². The second-order valence-corrected chi connectivity index (χ2v) is 6.75. The van der Waals surface area contributed by atoms with E-state index >= 15 is 0 Å². The molecule has 2 atom stereocenters. The molecule has 1 N–H and O–H groups in total. The Hall–Kier alpha value is -3.17. The first-order valence-electron chi connectivity index (χ1n) is 9.16. The van der Waals surface area contributed by atoms with E-state index in [9.17, 15) is 4.79 Å². The third-order valence-corrected chi connectivity index (χ3v) is 5.00. The smallest absolute Gasteiger partial charge is 0.240 e. The molecule has 3 heteroatoms. The Balaban J connectivity index is 1.75. The van der Waals surface area contributed by atoms with E-state index in [1.165, 1.54) is 0 Å². The normalized spacial score (nSPS) is 19.0. The molecule has 1 saturated heterocycles. The predicted octanol–water partition coefficient (Wildman–Crippen LogP) is 4.87. The Kier molecular flexibility index (Phi) is 4.86. The number of para-hydroxylation sites is 2. The second kappa shape index (κ2) is 7.60. The summed E-state index contributed by atoms with van der Waals surface area (Å²) in [5.74, 6) is -0.274. The molecule has 0 unspecified atom stereocenters. The van der Waals surface area contributed by atoms with Gasteiger partial charge in [0.1, 0.15) is 0 Å². The molecule has 1 heterocycles. The zero-order valence-corrected chi connectivity index (χ0v) is 15.1. The van der Waals surface area contributed by atoms with Crippen molar-refractivity contribution in [1.29, 1.82) is 0 Å². The van der Waals surface area contributed by atoms with Crippen molar-refractivity contribution in [2.45, 2.75) is 6.04 Å². The third-order valence-electron chi connectivity index (χ3n) is 5.00. The number of benzene rings is 3. The molecular weight excluding hydrogens is 332 g/mol. The first kappa shape index (κ1) is 17.3. The molecule has 1 amide bonds. The van der Waals surface area contributed by atoms with Gasteiger partial charge in [0.15, 0.2) is 0 Å². The molecule has 0 aliphatic carbocycles. The molecule has 134 valence electrons. The molecule has 0 radical (unpaired) electrons. The van der Waals surface area contributed by atoms with E-state index in [0.29, 0.717) is 6.54 Å². The predicted molar refractivity (Wildman–Crippen MR) is 110 cm³/mol. The minimum atomic E-state index is -0.312. The molecule has 3 aromatic carbocycles. The van der Waals surface area contributed by atoms with Gasteiger partial charge in [-0.25, -0.2) is 0 Å². The standard InChI is InChI=1S/C24H22N2O/c1-18-17-25-23(19-11-5-2-6-12-19)22(18)24(27)26(20-13-7-3-8-14-20)21-15-9-4-10-16-21/h2-16,22-23,25H,1,17H2/t22-,23+/m1/s1. The van der Waals surface area contributed by atoms with Crippen molar-refractivity contribution >= 4 is 17.3 Å². The Morgan fingerprint density at radius 3 is 1.81 bits per heavy atom. The number of anilines is 2. The van der Waals surface area contributed by atoms with Gasteiger partial charge in [-0.3, -0.25) is 9.69 Å². The van der Waals surface area contributed by atoms with Crippen LogP contribution in [0, 0.1) is 5.92 Å². The van der Waals surface area contributed by atoms with Gasteiger partial charge >= 0.3 is 0 Å². The summed E-state index contributed by atoms with van der Waals surface area (Å²) in [7, 11) is 0. The van der Waals surface area contributed by atoms with Crippen LogP contribution in [0.2, 0.25) is 0 Å². The Morgan fingerprint density at radius 1 is 0.815 bits per heavy atom. The van der Waals surface area contributed by atoms with Crippen LogP contribution in [0.3, 0.4) is 0 Å². The minimum Gasteiger partial charge on any atom is -0.305 e. The fraction of sp³-hybridized carbons (Fsp3) is 0.125. The highest BCUT2D eigenvalue weighted by Gasteiger charge is 2.39. The molecule has 3 nitrogen and oxygen atoms in total. The lowest BCUT2D eigenvalue weighted by Gasteiger charge is -2.29. The van der Waals surface area contributed by atoms with Crippen LogP contribution in [0.5, 0.6) is 0 Å². The lowest BCUT2D eigenvalue weighted by molar-refractivity contribution is -0.120. The topological polar surface area (TPSA) is 32.3 Å². The lowest BCUT2D eigenvalue weighted by Crippen LogP contribution is -2.35. The zero-order valence-electron chi connectivity index (χ0n) is 15.1. The number of hydrogen-bond acceptors (Lipinski definition) is 2. The van der Waals surface area contributed by atoms with Crippen molar-refractivity contribution in [3.05, 3.63) is 109 Å². The summed E-state index contributed by atoms with van der Waals surface area (Å²) in [6.45, 7) is 4.84. The Morgan fingerprint density at radius 2 is 1.30 bits per heavy atom. The van der Waals surface area contributed by atoms with Crippen LogP contribution in [-0.2, 0) is 4.79 Å². The number of rotatable bonds is 4.